The molecule has 150 valence electrons. The van der Waals surface area contributed by atoms with E-state index in [1.54, 1.807) is 12.4 Å². The van der Waals surface area contributed by atoms with E-state index in [-0.39, 0.29) is 6.42 Å². The van der Waals surface area contributed by atoms with Crippen LogP contribution in [-0.2, 0) is 11.2 Å². The summed E-state index contributed by atoms with van der Waals surface area (Å²) in [6.07, 6.45) is 8.83. The first-order chi connectivity index (χ1) is 13.5. The number of pyridine rings is 2. The molecular weight excluding hydrogens is 372 g/mol. The van der Waals surface area contributed by atoms with E-state index in [1.165, 1.54) is 19.3 Å². The highest BCUT2D eigenvalue weighted by Gasteiger charge is 2.10. The van der Waals surface area contributed by atoms with E-state index in [0.29, 0.717) is 11.5 Å². The summed E-state index contributed by atoms with van der Waals surface area (Å²) in [5.74, 6) is -0.0545. The van der Waals surface area contributed by atoms with Gasteiger partial charge >= 0.3 is 5.97 Å². The van der Waals surface area contributed by atoms with Gasteiger partial charge in [-0.15, -0.1) is 0 Å². The summed E-state index contributed by atoms with van der Waals surface area (Å²) in [5.41, 5.74) is 2.66. The first-order valence-electron chi connectivity index (χ1n) is 9.66. The number of carbonyl (C=O) groups is 1. The van der Waals surface area contributed by atoms with Gasteiger partial charge in [-0.2, -0.15) is 0 Å². The quantitative estimate of drug-likeness (QED) is 0.460. The van der Waals surface area contributed by atoms with Gasteiger partial charge in [0.1, 0.15) is 5.82 Å². The number of nitrogens with one attached hydrogen (secondary N) is 1. The Morgan fingerprint density at radius 3 is 2.71 bits per heavy atom. The predicted molar refractivity (Wildman–Crippen MR) is 117 cm³/mol. The van der Waals surface area contributed by atoms with Gasteiger partial charge in [0.2, 0.25) is 0 Å². The lowest BCUT2D eigenvalue weighted by atomic mass is 10.1. The van der Waals surface area contributed by atoms with Crippen molar-refractivity contribution in [3.05, 3.63) is 42.2 Å². The van der Waals surface area contributed by atoms with Crippen LogP contribution in [-0.4, -0.2) is 39.7 Å². The number of hydrogen-bond acceptors (Lipinski definition) is 4. The third kappa shape index (κ3) is 6.88. The molecule has 0 atom stereocenters. The molecule has 2 rings (SSSR count). The fourth-order valence-electron chi connectivity index (χ4n) is 2.73. The van der Waals surface area contributed by atoms with Gasteiger partial charge in [0.05, 0.1) is 5.69 Å². The first-order valence-corrected chi connectivity index (χ1v) is 10.1. The maximum atomic E-state index is 10.7. The Morgan fingerprint density at radius 2 is 2.04 bits per heavy atom. The van der Waals surface area contributed by atoms with Gasteiger partial charge < -0.3 is 15.3 Å². The third-order valence-electron chi connectivity index (χ3n) is 4.45. The molecule has 0 aromatic carbocycles. The molecule has 6 nitrogen and oxygen atoms in total. The lowest BCUT2D eigenvalue weighted by Gasteiger charge is -2.20. The minimum Gasteiger partial charge on any atom is -0.481 e. The third-order valence-corrected chi connectivity index (χ3v) is 4.87. The standard InChI is InChI=1S/C21H28N4O2S/c1-3-4-5-6-12-23-21(28)25(2)19-14-17(11-13-22-19)18-9-7-16(15-24-18)8-10-20(26)27/h7,9,11,13-15H,3-6,8,10,12H2,1-2H3,(H,23,28)(H,26,27). The van der Waals surface area contributed by atoms with E-state index in [9.17, 15) is 4.79 Å². The van der Waals surface area contributed by atoms with Gasteiger partial charge in [-0.05, 0) is 48.8 Å². The van der Waals surface area contributed by atoms with Crippen LogP contribution >= 0.6 is 12.2 Å². The number of aromatic nitrogens is 2. The SMILES string of the molecule is CCCCCCNC(=S)N(C)c1cc(-c2ccc(CCC(=O)O)cn2)ccn1. The fourth-order valence-corrected chi connectivity index (χ4v) is 2.92. The molecule has 28 heavy (non-hydrogen) atoms. The number of hydrogen-bond donors (Lipinski definition) is 2. The molecule has 2 aromatic rings. The van der Waals surface area contributed by atoms with Gasteiger partial charge in [0, 0.05) is 38.0 Å². The van der Waals surface area contributed by atoms with Crippen molar-refractivity contribution in [1.29, 1.82) is 0 Å². The Kier molecular flexibility index (Phi) is 8.81. The second-order valence-corrected chi connectivity index (χ2v) is 7.09. The minimum atomic E-state index is -0.805. The van der Waals surface area contributed by atoms with Crippen molar-refractivity contribution in [2.24, 2.45) is 0 Å². The number of aryl methyl sites for hydroxylation is 1. The molecule has 2 N–H and O–H groups in total. The average Bonchev–Trinajstić information content (AvgIpc) is 2.72. The molecule has 0 aliphatic heterocycles. The van der Waals surface area contributed by atoms with Gasteiger partial charge in [-0.25, -0.2) is 4.98 Å². The summed E-state index contributed by atoms with van der Waals surface area (Å²) in [5, 5.41) is 12.7. The molecule has 0 bridgehead atoms. The van der Waals surface area contributed by atoms with Gasteiger partial charge in [0.15, 0.2) is 5.11 Å². The van der Waals surface area contributed by atoms with Crippen LogP contribution in [0.15, 0.2) is 36.7 Å². The number of nitrogens with zero attached hydrogens (tertiary/aromatic N) is 3. The zero-order valence-electron chi connectivity index (χ0n) is 16.5. The normalized spacial score (nSPS) is 10.5. The number of aliphatic carboxylic acids is 1. The molecular formula is C21H28N4O2S. The number of unbranched alkanes of at least 4 members (excludes halogenated alkanes) is 3. The zero-order valence-corrected chi connectivity index (χ0v) is 17.3. The summed E-state index contributed by atoms with van der Waals surface area (Å²) >= 11 is 5.48. The minimum absolute atomic E-state index is 0.105. The topological polar surface area (TPSA) is 78.4 Å². The van der Waals surface area contributed by atoms with Crippen LogP contribution in [0.3, 0.4) is 0 Å². The largest absolute Gasteiger partial charge is 0.481 e. The van der Waals surface area contributed by atoms with Gasteiger partial charge in [-0.3, -0.25) is 9.78 Å². The molecule has 2 aromatic heterocycles. The Morgan fingerprint density at radius 1 is 1.21 bits per heavy atom. The van der Waals surface area contributed by atoms with Crippen molar-refractivity contribution in [1.82, 2.24) is 15.3 Å². The summed E-state index contributed by atoms with van der Waals surface area (Å²) in [6, 6.07) is 7.67. The van der Waals surface area contributed by atoms with Crippen molar-refractivity contribution in [2.75, 3.05) is 18.5 Å². The van der Waals surface area contributed by atoms with Crippen LogP contribution in [0.2, 0.25) is 0 Å². The molecule has 0 amide bonds. The monoisotopic (exact) mass is 400 g/mol. The summed E-state index contributed by atoms with van der Waals surface area (Å²) < 4.78 is 0. The summed E-state index contributed by atoms with van der Waals surface area (Å²) in [4.78, 5) is 21.4. The molecule has 0 fully saturated rings. The van der Waals surface area contributed by atoms with E-state index in [2.05, 4.69) is 22.2 Å². The molecule has 0 saturated heterocycles. The summed E-state index contributed by atoms with van der Waals surface area (Å²) in [6.45, 7) is 3.06. The first kappa shape index (κ1) is 21.8. The Bertz CT molecular complexity index is 780. The van der Waals surface area contributed by atoms with E-state index in [0.717, 1.165) is 35.6 Å². The molecule has 0 aliphatic rings. The van der Waals surface area contributed by atoms with E-state index in [4.69, 9.17) is 17.3 Å². The van der Waals surface area contributed by atoms with Crippen LogP contribution in [0.5, 0.6) is 0 Å². The van der Waals surface area contributed by atoms with Crippen molar-refractivity contribution >= 4 is 29.1 Å². The van der Waals surface area contributed by atoms with Gasteiger partial charge in [0.25, 0.3) is 0 Å². The predicted octanol–water partition coefficient (Wildman–Crippen LogP) is 4.05. The van der Waals surface area contributed by atoms with Crippen LogP contribution in [0.1, 0.15) is 44.6 Å². The van der Waals surface area contributed by atoms with Crippen molar-refractivity contribution in [2.45, 2.75) is 45.4 Å². The van der Waals surface area contributed by atoms with Crippen molar-refractivity contribution in [3.63, 3.8) is 0 Å². The highest BCUT2D eigenvalue weighted by molar-refractivity contribution is 7.80. The number of carboxylic acids is 1. The molecule has 0 saturated carbocycles. The molecule has 0 spiro atoms. The Balaban J connectivity index is 1.98. The van der Waals surface area contributed by atoms with Gasteiger partial charge in [-0.1, -0.05) is 32.3 Å². The zero-order chi connectivity index (χ0) is 20.4. The van der Waals surface area contributed by atoms with Crippen molar-refractivity contribution < 1.29 is 9.90 Å². The van der Waals surface area contributed by atoms with Crippen LogP contribution in [0, 0.1) is 0 Å². The number of thiocarbonyl (C=S) groups is 1. The molecule has 7 heteroatoms. The Hall–Kier alpha value is -2.54. The second-order valence-electron chi connectivity index (χ2n) is 6.70. The second kappa shape index (κ2) is 11.3. The maximum Gasteiger partial charge on any atom is 0.303 e. The summed E-state index contributed by atoms with van der Waals surface area (Å²) in [7, 11) is 1.90. The van der Waals surface area contributed by atoms with Crippen LogP contribution < -0.4 is 10.2 Å². The smallest absolute Gasteiger partial charge is 0.303 e. The molecule has 0 unspecified atom stereocenters. The highest BCUT2D eigenvalue weighted by Crippen LogP contribution is 2.21. The number of rotatable bonds is 10. The fraction of sp³-hybridized carbons (Fsp3) is 0.429. The van der Waals surface area contributed by atoms with E-state index in [1.807, 2.05) is 36.2 Å². The molecule has 0 aliphatic carbocycles. The Labute approximate surface area is 172 Å². The molecule has 0 radical (unpaired) electrons. The van der Waals surface area contributed by atoms with Crippen LogP contribution in [0.25, 0.3) is 11.3 Å². The lowest BCUT2D eigenvalue weighted by molar-refractivity contribution is -0.136. The number of carboxylic acid groups (broad SMARTS) is 1. The lowest BCUT2D eigenvalue weighted by Crippen LogP contribution is -2.37. The van der Waals surface area contributed by atoms with Crippen LogP contribution in [0.4, 0.5) is 5.82 Å². The highest BCUT2D eigenvalue weighted by atomic mass is 32.1. The van der Waals surface area contributed by atoms with Crippen molar-refractivity contribution in [3.8, 4) is 11.3 Å². The average molecular weight is 401 g/mol. The number of anilines is 1. The van der Waals surface area contributed by atoms with E-state index < -0.39 is 5.97 Å². The maximum absolute atomic E-state index is 10.7. The van der Waals surface area contributed by atoms with E-state index >= 15 is 0 Å². The molecule has 2 heterocycles.